The summed E-state index contributed by atoms with van der Waals surface area (Å²) >= 11 is 1.84. The Kier molecular flexibility index (Phi) is 19.4. The summed E-state index contributed by atoms with van der Waals surface area (Å²) in [6.45, 7) is 4.28. The summed E-state index contributed by atoms with van der Waals surface area (Å²) in [6.07, 6.45) is 1.04. The number of carbonyl (C=O) groups excluding carboxylic acids is 7. The van der Waals surface area contributed by atoms with E-state index in [2.05, 4.69) is 42.1 Å². The number of hydroxylamine groups is 1. The van der Waals surface area contributed by atoms with Crippen LogP contribution in [0, 0.1) is 11.8 Å². The first-order valence-corrected chi connectivity index (χ1v) is 22.6. The molecule has 0 bridgehead atoms. The Morgan fingerprint density at radius 1 is 0.857 bits per heavy atom. The lowest BCUT2D eigenvalue weighted by Gasteiger charge is -2.23. The van der Waals surface area contributed by atoms with Crippen molar-refractivity contribution in [3.05, 3.63) is 35.4 Å². The topological polar surface area (TPSA) is 275 Å². The van der Waals surface area contributed by atoms with E-state index in [9.17, 15) is 46.7 Å². The number of hydrogen-bond acceptors (Lipinski definition) is 11. The fraction of sp³-hybridized carbons (Fsp3) is 0.683. The highest BCUT2D eigenvalue weighted by molar-refractivity contribution is 8.00. The van der Waals surface area contributed by atoms with Gasteiger partial charge in [-0.15, -0.1) is 10.2 Å². The molecule has 0 aliphatic carbocycles. The third kappa shape index (κ3) is 15.9. The minimum Gasteiger partial charge on any atom is -0.368 e. The third-order valence-electron chi connectivity index (χ3n) is 11.2. The molecule has 0 unspecified atom stereocenters. The number of benzene rings is 1. The van der Waals surface area contributed by atoms with Crippen molar-refractivity contribution in [1.82, 2.24) is 37.4 Å². The van der Waals surface area contributed by atoms with E-state index in [0.29, 0.717) is 62.3 Å². The lowest BCUT2D eigenvalue weighted by molar-refractivity contribution is -0.166. The first-order chi connectivity index (χ1) is 29.9. The average Bonchev–Trinajstić information content (AvgIpc) is 3.86. The number of amides is 8. The van der Waals surface area contributed by atoms with Crippen LogP contribution in [0.15, 0.2) is 34.5 Å². The number of nitrogens with one attached hydrogen (secondary N) is 7. The highest BCUT2D eigenvalue weighted by Crippen LogP contribution is 2.52. The molecule has 6 atom stereocenters. The highest BCUT2D eigenvalue weighted by Gasteiger charge is 2.65. The van der Waals surface area contributed by atoms with Gasteiger partial charge in [-0.05, 0) is 62.8 Å². The van der Waals surface area contributed by atoms with Crippen LogP contribution in [0.25, 0.3) is 0 Å². The van der Waals surface area contributed by atoms with Crippen LogP contribution in [0.3, 0.4) is 0 Å². The summed E-state index contributed by atoms with van der Waals surface area (Å²) in [5.74, 6) is -3.05. The predicted octanol–water partition coefficient (Wildman–Crippen LogP) is 3.11. The van der Waals surface area contributed by atoms with Crippen LogP contribution >= 0.6 is 11.8 Å². The van der Waals surface area contributed by atoms with Gasteiger partial charge >= 0.3 is 17.9 Å². The molecule has 0 radical (unpaired) electrons. The number of primary amides is 1. The lowest BCUT2D eigenvalue weighted by atomic mass is 9.92. The van der Waals surface area contributed by atoms with E-state index >= 15 is 0 Å². The fourth-order valence-electron chi connectivity index (χ4n) is 7.71. The van der Waals surface area contributed by atoms with Crippen LogP contribution in [0.1, 0.15) is 108 Å². The molecule has 1 aromatic rings. The number of thioether (sulfide) groups is 1. The van der Waals surface area contributed by atoms with Gasteiger partial charge in [-0.25, -0.2) is 10.3 Å². The van der Waals surface area contributed by atoms with Crippen LogP contribution in [0.4, 0.5) is 18.0 Å². The van der Waals surface area contributed by atoms with Gasteiger partial charge in [0.1, 0.15) is 12.1 Å². The summed E-state index contributed by atoms with van der Waals surface area (Å²) in [4.78, 5) is 87.3. The number of fused-ring (bicyclic) bond motifs is 1. The Labute approximate surface area is 368 Å². The number of urea groups is 1. The van der Waals surface area contributed by atoms with Gasteiger partial charge in [0, 0.05) is 61.3 Å². The van der Waals surface area contributed by atoms with E-state index in [4.69, 9.17) is 10.9 Å². The second kappa shape index (κ2) is 24.2. The molecule has 3 aliphatic rings. The Bertz CT molecular complexity index is 1780. The summed E-state index contributed by atoms with van der Waals surface area (Å²) < 4.78 is 40.6. The molecule has 350 valence electrons. The largest absolute Gasteiger partial charge is 0.442 e. The summed E-state index contributed by atoms with van der Waals surface area (Å²) in [5.41, 5.74) is 4.68. The van der Waals surface area contributed by atoms with Crippen LogP contribution in [-0.4, -0.2) is 101 Å². The molecule has 0 aromatic heterocycles. The minimum absolute atomic E-state index is 0.0132. The fourth-order valence-corrected chi connectivity index (χ4v) is 9.25. The van der Waals surface area contributed by atoms with Crippen molar-refractivity contribution in [2.24, 2.45) is 27.8 Å². The first-order valence-electron chi connectivity index (χ1n) is 21.6. The average molecular weight is 911 g/mol. The summed E-state index contributed by atoms with van der Waals surface area (Å²) in [6, 6.07) is 3.38. The van der Waals surface area contributed by atoms with Gasteiger partial charge < -0.3 is 37.6 Å². The molecular formula is C41H61F3N10O8S. The zero-order valence-electron chi connectivity index (χ0n) is 35.7. The Morgan fingerprint density at radius 3 is 2.17 bits per heavy atom. The van der Waals surface area contributed by atoms with Crippen LogP contribution in [0.2, 0.25) is 0 Å². The normalized spacial score (nSPS) is 19.8. The SMILES string of the molecule is CC(C)C[C@H](CC(=O)NO)C(=O)N[C@@H](Cc1ccc(C2(C(F)(F)F)N=N2)cc1)C(=O)NCCCCCC(=O)N[C@@H](CCCCNC(=O)CCCC[C@@H]1SC[C@@H]2NC(=O)N[C@@H]21)C(N)=O. The second-order valence-electron chi connectivity index (χ2n) is 16.7. The van der Waals surface area contributed by atoms with Gasteiger partial charge in [0.15, 0.2) is 0 Å². The van der Waals surface area contributed by atoms with Gasteiger partial charge in [-0.1, -0.05) is 51.0 Å². The minimum atomic E-state index is -4.71. The van der Waals surface area contributed by atoms with Gasteiger partial charge in [0.25, 0.3) is 0 Å². The number of unbranched alkanes of at least 4 members (excludes halogenated alkanes) is 4. The molecule has 10 N–H and O–H groups in total. The first kappa shape index (κ1) is 50.7. The van der Waals surface area contributed by atoms with Gasteiger partial charge in [-0.2, -0.15) is 24.9 Å². The molecule has 0 spiro atoms. The number of carbonyl (C=O) groups is 7. The quantitative estimate of drug-likeness (QED) is 0.0258. The maximum Gasteiger partial charge on any atom is 0.442 e. The van der Waals surface area contributed by atoms with Crippen molar-refractivity contribution in [3.63, 3.8) is 0 Å². The van der Waals surface area contributed by atoms with E-state index in [1.54, 1.807) is 0 Å². The van der Waals surface area contributed by atoms with Gasteiger partial charge in [0.05, 0.1) is 12.1 Å². The predicted molar refractivity (Wildman–Crippen MR) is 226 cm³/mol. The Morgan fingerprint density at radius 2 is 1.52 bits per heavy atom. The molecule has 22 heteroatoms. The van der Waals surface area contributed by atoms with Crippen LogP contribution in [-0.2, 0) is 40.9 Å². The maximum atomic E-state index is 13.5. The van der Waals surface area contributed by atoms with Crippen molar-refractivity contribution in [2.45, 2.75) is 145 Å². The second-order valence-corrected chi connectivity index (χ2v) is 18.0. The molecule has 2 fully saturated rings. The molecule has 8 amide bonds. The molecule has 3 aliphatic heterocycles. The number of rotatable bonds is 28. The van der Waals surface area contributed by atoms with Gasteiger partial charge in [-0.3, -0.25) is 34.0 Å². The van der Waals surface area contributed by atoms with Crippen molar-refractivity contribution in [2.75, 3.05) is 18.8 Å². The molecular weight excluding hydrogens is 850 g/mol. The smallest absolute Gasteiger partial charge is 0.368 e. The highest BCUT2D eigenvalue weighted by atomic mass is 32.2. The Hall–Kier alpha value is -4.99. The molecule has 0 saturated carbocycles. The van der Waals surface area contributed by atoms with E-state index < -0.39 is 53.5 Å². The Balaban J connectivity index is 1.14. The van der Waals surface area contributed by atoms with Crippen molar-refractivity contribution < 1.29 is 51.9 Å². The number of halogens is 3. The third-order valence-corrected chi connectivity index (χ3v) is 12.7. The number of nitrogens with two attached hydrogens (primary N) is 1. The maximum absolute atomic E-state index is 13.5. The molecule has 4 rings (SSSR count). The molecule has 63 heavy (non-hydrogen) atoms. The van der Waals surface area contributed by atoms with Crippen molar-refractivity contribution in [1.29, 1.82) is 0 Å². The van der Waals surface area contributed by atoms with Crippen LogP contribution < -0.4 is 43.1 Å². The molecule has 2 saturated heterocycles. The zero-order valence-corrected chi connectivity index (χ0v) is 36.5. The summed E-state index contributed by atoms with van der Waals surface area (Å²) in [5, 5.41) is 32.7. The van der Waals surface area contributed by atoms with E-state index in [1.807, 2.05) is 25.6 Å². The number of alkyl halides is 3. The van der Waals surface area contributed by atoms with E-state index in [-0.39, 0.29) is 73.6 Å². The van der Waals surface area contributed by atoms with Crippen molar-refractivity contribution >= 4 is 53.2 Å². The standard InChI is InChI=1S/C41H61F3N10O8S/c1-24(2)20-26(22-34(57)52-62)37(59)49-29(21-25-14-16-27(17-15-25)40(53-54-40)41(42,43)44)38(60)47-19-8-3-4-13-33(56)48-28(36(45)58)10-7-9-18-46-32(55)12-6-5-11-31-35-30(23-63-31)50-39(61)51-35/h14-17,24,26,28-31,35,62H,3-13,18-23H2,1-2H3,(H2,45,58)(H,46,55)(H,47,60)(H,48,56)(H,49,59)(H,52,57)(H2,50,51,61)/t26-,28+,29+,30+,31+,35+/m1/s1. The van der Waals surface area contributed by atoms with E-state index in [1.165, 1.54) is 29.7 Å². The molecule has 3 heterocycles. The van der Waals surface area contributed by atoms with E-state index in [0.717, 1.165) is 25.0 Å². The number of hydrogen-bond donors (Lipinski definition) is 9. The summed E-state index contributed by atoms with van der Waals surface area (Å²) in [7, 11) is 0. The zero-order chi connectivity index (χ0) is 46.2. The number of nitrogens with zero attached hydrogens (tertiary/aromatic N) is 2. The molecule has 18 nitrogen and oxygen atoms in total. The lowest BCUT2D eigenvalue weighted by Crippen LogP contribution is -2.50. The van der Waals surface area contributed by atoms with Gasteiger partial charge in [0.2, 0.25) is 35.4 Å². The van der Waals surface area contributed by atoms with Crippen molar-refractivity contribution in [3.8, 4) is 0 Å². The monoisotopic (exact) mass is 910 g/mol. The molecule has 1 aromatic carbocycles. The van der Waals surface area contributed by atoms with Crippen LogP contribution in [0.5, 0.6) is 0 Å².